The van der Waals surface area contributed by atoms with Gasteiger partial charge in [-0.05, 0) is 40.5 Å². The summed E-state index contributed by atoms with van der Waals surface area (Å²) in [6.45, 7) is 4.21. The fraction of sp³-hybridized carbons (Fsp3) is 0.182. The van der Waals surface area contributed by atoms with Gasteiger partial charge in [0.15, 0.2) is 0 Å². The monoisotopic (exact) mass is 331 g/mol. The molecule has 0 atom stereocenters. The van der Waals surface area contributed by atoms with E-state index in [4.69, 9.17) is 0 Å². The second kappa shape index (κ2) is 6.08. The molecule has 1 rings (SSSR count). The number of rotatable bonds is 4. The quantitative estimate of drug-likeness (QED) is 0.663. The van der Waals surface area contributed by atoms with E-state index in [2.05, 4.69) is 43.8 Å². The Morgan fingerprint density at radius 2 is 2.20 bits per heavy atom. The minimum absolute atomic E-state index is 0.0729. The number of carbonyl (C=O) groups excluding carboxylic acids is 1. The Bertz CT molecular complexity index is 377. The Labute approximate surface area is 106 Å². The molecule has 0 aromatic heterocycles. The van der Waals surface area contributed by atoms with Crippen molar-refractivity contribution in [2.45, 2.75) is 6.42 Å². The van der Waals surface area contributed by atoms with Crippen LogP contribution in [0.2, 0.25) is 0 Å². The number of amides is 1. The van der Waals surface area contributed by atoms with Crippen molar-refractivity contribution in [2.75, 3.05) is 6.54 Å². The van der Waals surface area contributed by atoms with Crippen LogP contribution >= 0.6 is 31.9 Å². The van der Waals surface area contributed by atoms with Crippen molar-refractivity contribution in [1.82, 2.24) is 5.32 Å². The van der Waals surface area contributed by atoms with E-state index in [1.807, 2.05) is 12.1 Å². The summed E-state index contributed by atoms with van der Waals surface area (Å²) in [5.74, 6) is -0.0729. The van der Waals surface area contributed by atoms with Crippen molar-refractivity contribution in [3.8, 4) is 0 Å². The van der Waals surface area contributed by atoms with E-state index < -0.39 is 0 Å². The summed E-state index contributed by atoms with van der Waals surface area (Å²) in [5, 5.41) is 2.80. The zero-order chi connectivity index (χ0) is 11.3. The third-order valence-corrected chi connectivity index (χ3v) is 2.96. The summed E-state index contributed by atoms with van der Waals surface area (Å²) >= 11 is 6.68. The molecule has 0 heterocycles. The first kappa shape index (κ1) is 12.5. The molecule has 0 aliphatic carbocycles. The van der Waals surface area contributed by atoms with Crippen molar-refractivity contribution in [1.29, 1.82) is 0 Å². The number of benzene rings is 1. The van der Waals surface area contributed by atoms with Gasteiger partial charge in [-0.25, -0.2) is 0 Å². The Morgan fingerprint density at radius 1 is 1.47 bits per heavy atom. The van der Waals surface area contributed by atoms with Gasteiger partial charge in [0, 0.05) is 15.5 Å². The molecule has 2 nitrogen and oxygen atoms in total. The highest BCUT2D eigenvalue weighted by atomic mass is 79.9. The van der Waals surface area contributed by atoms with Crippen molar-refractivity contribution < 1.29 is 4.79 Å². The molecular formula is C11H11Br2NO. The average Bonchev–Trinajstić information content (AvgIpc) is 2.17. The van der Waals surface area contributed by atoms with Crippen LogP contribution in [0.5, 0.6) is 0 Å². The van der Waals surface area contributed by atoms with Crippen molar-refractivity contribution in [3.63, 3.8) is 0 Å². The van der Waals surface area contributed by atoms with Crippen LogP contribution in [0, 0.1) is 0 Å². The number of hydrogen-bond donors (Lipinski definition) is 1. The number of hydrogen-bond acceptors (Lipinski definition) is 1. The van der Waals surface area contributed by atoms with Crippen LogP contribution in [0.1, 0.15) is 16.8 Å². The molecule has 0 unspecified atom stereocenters. The Hall–Kier alpha value is -0.610. The van der Waals surface area contributed by atoms with E-state index in [1.54, 1.807) is 12.1 Å². The summed E-state index contributed by atoms with van der Waals surface area (Å²) in [6.07, 6.45) is 2.55. The lowest BCUT2D eigenvalue weighted by Crippen LogP contribution is -2.24. The van der Waals surface area contributed by atoms with Gasteiger partial charge in [-0.15, -0.1) is 6.58 Å². The summed E-state index contributed by atoms with van der Waals surface area (Å²) in [7, 11) is 0. The first-order valence-electron chi connectivity index (χ1n) is 4.49. The zero-order valence-corrected chi connectivity index (χ0v) is 11.3. The molecule has 0 saturated heterocycles. The number of halogens is 2. The molecule has 0 bridgehead atoms. The van der Waals surface area contributed by atoms with Crippen LogP contribution in [0.3, 0.4) is 0 Å². The SMILES string of the molecule is C=CCCNC(=O)c1ccc(Br)cc1Br. The Balaban J connectivity index is 2.69. The van der Waals surface area contributed by atoms with Crippen molar-refractivity contribution in [2.24, 2.45) is 0 Å². The molecule has 80 valence electrons. The van der Waals surface area contributed by atoms with Gasteiger partial charge in [0.2, 0.25) is 0 Å². The molecular weight excluding hydrogens is 322 g/mol. The summed E-state index contributed by atoms with van der Waals surface area (Å²) < 4.78 is 1.73. The predicted octanol–water partition coefficient (Wildman–Crippen LogP) is 3.52. The largest absolute Gasteiger partial charge is 0.352 e. The second-order valence-electron chi connectivity index (χ2n) is 2.96. The third kappa shape index (κ3) is 3.80. The average molecular weight is 333 g/mol. The molecule has 0 fully saturated rings. The van der Waals surface area contributed by atoms with Crippen LogP contribution in [-0.4, -0.2) is 12.5 Å². The maximum atomic E-state index is 11.7. The van der Waals surface area contributed by atoms with Crippen LogP contribution in [0.15, 0.2) is 39.8 Å². The van der Waals surface area contributed by atoms with E-state index in [0.717, 1.165) is 15.4 Å². The summed E-state index contributed by atoms with van der Waals surface area (Å²) in [6, 6.07) is 5.47. The van der Waals surface area contributed by atoms with E-state index >= 15 is 0 Å². The molecule has 1 aromatic carbocycles. The van der Waals surface area contributed by atoms with Gasteiger partial charge in [0.05, 0.1) is 5.56 Å². The van der Waals surface area contributed by atoms with Gasteiger partial charge in [-0.3, -0.25) is 4.79 Å². The van der Waals surface area contributed by atoms with Crippen LogP contribution in [0.25, 0.3) is 0 Å². The predicted molar refractivity (Wildman–Crippen MR) is 69.0 cm³/mol. The number of carbonyl (C=O) groups is 1. The van der Waals surface area contributed by atoms with Crippen molar-refractivity contribution >= 4 is 37.8 Å². The lowest BCUT2D eigenvalue weighted by molar-refractivity contribution is 0.0953. The molecule has 4 heteroatoms. The minimum atomic E-state index is -0.0729. The Kier molecular flexibility index (Phi) is 5.05. The fourth-order valence-electron chi connectivity index (χ4n) is 1.06. The maximum absolute atomic E-state index is 11.7. The molecule has 0 radical (unpaired) electrons. The van der Waals surface area contributed by atoms with Gasteiger partial charge in [-0.2, -0.15) is 0 Å². The molecule has 1 amide bonds. The molecule has 15 heavy (non-hydrogen) atoms. The molecule has 1 N–H and O–H groups in total. The summed E-state index contributed by atoms with van der Waals surface area (Å²) in [4.78, 5) is 11.7. The van der Waals surface area contributed by atoms with Crippen LogP contribution in [0.4, 0.5) is 0 Å². The van der Waals surface area contributed by atoms with Gasteiger partial charge in [0.25, 0.3) is 5.91 Å². The van der Waals surface area contributed by atoms with E-state index in [9.17, 15) is 4.79 Å². The zero-order valence-electron chi connectivity index (χ0n) is 8.09. The topological polar surface area (TPSA) is 29.1 Å². The van der Waals surface area contributed by atoms with Crippen LogP contribution < -0.4 is 5.32 Å². The fourth-order valence-corrected chi connectivity index (χ4v) is 2.28. The molecule has 0 spiro atoms. The number of nitrogens with one attached hydrogen (secondary N) is 1. The molecule has 1 aromatic rings. The minimum Gasteiger partial charge on any atom is -0.352 e. The van der Waals surface area contributed by atoms with E-state index in [-0.39, 0.29) is 5.91 Å². The summed E-state index contributed by atoms with van der Waals surface area (Å²) in [5.41, 5.74) is 0.641. The molecule has 0 aliphatic heterocycles. The first-order valence-corrected chi connectivity index (χ1v) is 6.08. The normalized spacial score (nSPS) is 9.73. The third-order valence-electron chi connectivity index (χ3n) is 1.81. The van der Waals surface area contributed by atoms with Crippen molar-refractivity contribution in [3.05, 3.63) is 45.4 Å². The maximum Gasteiger partial charge on any atom is 0.252 e. The lowest BCUT2D eigenvalue weighted by Gasteiger charge is -2.05. The highest BCUT2D eigenvalue weighted by molar-refractivity contribution is 9.11. The second-order valence-corrected chi connectivity index (χ2v) is 4.73. The lowest BCUT2D eigenvalue weighted by atomic mass is 10.2. The van der Waals surface area contributed by atoms with Gasteiger partial charge in [0.1, 0.15) is 0 Å². The van der Waals surface area contributed by atoms with Gasteiger partial charge in [-0.1, -0.05) is 22.0 Å². The van der Waals surface area contributed by atoms with Gasteiger partial charge < -0.3 is 5.32 Å². The first-order chi connectivity index (χ1) is 7.15. The molecule has 0 saturated carbocycles. The Morgan fingerprint density at radius 3 is 2.80 bits per heavy atom. The highest BCUT2D eigenvalue weighted by Gasteiger charge is 2.08. The van der Waals surface area contributed by atoms with E-state index in [0.29, 0.717) is 12.1 Å². The molecule has 0 aliphatic rings. The van der Waals surface area contributed by atoms with Crippen LogP contribution in [-0.2, 0) is 0 Å². The highest BCUT2D eigenvalue weighted by Crippen LogP contribution is 2.21. The standard InChI is InChI=1S/C11H11Br2NO/c1-2-3-6-14-11(15)9-5-4-8(12)7-10(9)13/h2,4-5,7H,1,3,6H2,(H,14,15). The smallest absolute Gasteiger partial charge is 0.252 e. The van der Waals surface area contributed by atoms with Gasteiger partial charge >= 0.3 is 0 Å². The van der Waals surface area contributed by atoms with E-state index in [1.165, 1.54) is 0 Å².